The fourth-order valence-corrected chi connectivity index (χ4v) is 4.56. The van der Waals surface area contributed by atoms with Gasteiger partial charge in [-0.1, -0.05) is 18.6 Å². The van der Waals surface area contributed by atoms with Crippen molar-refractivity contribution < 1.29 is 19.1 Å². The van der Waals surface area contributed by atoms with Crippen LogP contribution in [0.2, 0.25) is 0 Å². The highest BCUT2D eigenvalue weighted by Crippen LogP contribution is 2.26. The van der Waals surface area contributed by atoms with Gasteiger partial charge in [0.25, 0.3) is 17.7 Å². The number of benzene rings is 2. The van der Waals surface area contributed by atoms with Crippen molar-refractivity contribution in [3.63, 3.8) is 0 Å². The number of fused-ring (bicyclic) bond motifs is 1. The molecule has 1 fully saturated rings. The summed E-state index contributed by atoms with van der Waals surface area (Å²) in [4.78, 5) is 42.0. The summed E-state index contributed by atoms with van der Waals surface area (Å²) in [6.07, 6.45) is 4.66. The molecule has 7 heteroatoms. The molecule has 1 N–H and O–H groups in total. The van der Waals surface area contributed by atoms with Crippen LogP contribution in [-0.2, 0) is 6.54 Å². The Morgan fingerprint density at radius 3 is 2.55 bits per heavy atom. The van der Waals surface area contributed by atoms with Crippen molar-refractivity contribution in [2.24, 2.45) is 0 Å². The SMILES string of the molecule is COc1ccc(CN2C(=O)c3ccc(C(=O)NCCCN4CCCCC4C)cc3C2=O)cc1. The second-order valence-electron chi connectivity index (χ2n) is 8.80. The highest BCUT2D eigenvalue weighted by molar-refractivity contribution is 6.22. The molecule has 7 nitrogen and oxygen atoms in total. The second-order valence-corrected chi connectivity index (χ2v) is 8.80. The van der Waals surface area contributed by atoms with Crippen LogP contribution in [0.4, 0.5) is 0 Å². The first-order valence-corrected chi connectivity index (χ1v) is 11.6. The molecule has 2 aliphatic rings. The van der Waals surface area contributed by atoms with Gasteiger partial charge in [-0.3, -0.25) is 19.3 Å². The molecule has 1 atom stereocenters. The van der Waals surface area contributed by atoms with Crippen LogP contribution in [0, 0.1) is 0 Å². The summed E-state index contributed by atoms with van der Waals surface area (Å²) in [5.41, 5.74) is 1.84. The number of rotatable bonds is 8. The Bertz CT molecular complexity index is 1030. The van der Waals surface area contributed by atoms with Gasteiger partial charge >= 0.3 is 0 Å². The Labute approximate surface area is 194 Å². The summed E-state index contributed by atoms with van der Waals surface area (Å²) < 4.78 is 5.15. The fraction of sp³-hybridized carbons (Fsp3) is 0.423. The lowest BCUT2D eigenvalue weighted by atomic mass is 10.0. The molecule has 33 heavy (non-hydrogen) atoms. The minimum Gasteiger partial charge on any atom is -0.497 e. The standard InChI is InChI=1S/C26H31N3O4/c1-18-6-3-4-14-28(18)15-5-13-27-24(30)20-9-12-22-23(16-20)26(32)29(25(22)31)17-19-7-10-21(33-2)11-8-19/h7-12,16,18H,3-6,13-15,17H2,1-2H3,(H,27,30). The number of likely N-dealkylation sites (tertiary alicyclic amines) is 1. The summed E-state index contributed by atoms with van der Waals surface area (Å²) in [6.45, 7) is 5.11. The van der Waals surface area contributed by atoms with Crippen molar-refractivity contribution in [3.8, 4) is 5.75 Å². The number of ether oxygens (including phenoxy) is 1. The van der Waals surface area contributed by atoms with E-state index in [1.54, 1.807) is 31.4 Å². The third-order valence-corrected chi connectivity index (χ3v) is 6.58. The first-order chi connectivity index (χ1) is 16.0. The van der Waals surface area contributed by atoms with E-state index in [1.807, 2.05) is 12.1 Å². The van der Waals surface area contributed by atoms with Crippen LogP contribution in [0.3, 0.4) is 0 Å². The molecule has 0 aliphatic carbocycles. The molecule has 2 aromatic rings. The van der Waals surface area contributed by atoms with Gasteiger partial charge in [0, 0.05) is 24.7 Å². The maximum Gasteiger partial charge on any atom is 0.261 e. The average molecular weight is 450 g/mol. The molecule has 0 saturated carbocycles. The van der Waals surface area contributed by atoms with Gasteiger partial charge in [-0.2, -0.15) is 0 Å². The molecule has 2 aliphatic heterocycles. The van der Waals surface area contributed by atoms with Crippen molar-refractivity contribution in [1.29, 1.82) is 0 Å². The second kappa shape index (κ2) is 10.2. The van der Waals surface area contributed by atoms with Gasteiger partial charge in [0.15, 0.2) is 0 Å². The molecule has 2 aromatic carbocycles. The molecule has 174 valence electrons. The van der Waals surface area contributed by atoms with E-state index in [1.165, 1.54) is 30.2 Å². The van der Waals surface area contributed by atoms with E-state index in [2.05, 4.69) is 17.1 Å². The van der Waals surface area contributed by atoms with Gasteiger partial charge in [0.05, 0.1) is 24.8 Å². The maximum atomic E-state index is 12.9. The van der Waals surface area contributed by atoms with E-state index >= 15 is 0 Å². The Balaban J connectivity index is 1.35. The highest BCUT2D eigenvalue weighted by atomic mass is 16.5. The molecule has 1 unspecified atom stereocenters. The number of amides is 3. The van der Waals surface area contributed by atoms with Crippen LogP contribution >= 0.6 is 0 Å². The Morgan fingerprint density at radius 1 is 1.06 bits per heavy atom. The molecular weight excluding hydrogens is 418 g/mol. The number of imide groups is 1. The first-order valence-electron chi connectivity index (χ1n) is 11.6. The Morgan fingerprint density at radius 2 is 1.82 bits per heavy atom. The molecule has 0 aromatic heterocycles. The van der Waals surface area contributed by atoms with Crippen molar-refractivity contribution in [2.45, 2.75) is 45.2 Å². The van der Waals surface area contributed by atoms with E-state index in [4.69, 9.17) is 4.74 Å². The number of piperidine rings is 1. The van der Waals surface area contributed by atoms with Gasteiger partial charge in [-0.15, -0.1) is 0 Å². The average Bonchev–Trinajstić information content (AvgIpc) is 3.07. The molecule has 4 rings (SSSR count). The van der Waals surface area contributed by atoms with Gasteiger partial charge in [0.2, 0.25) is 0 Å². The summed E-state index contributed by atoms with van der Waals surface area (Å²) in [5.74, 6) is -0.228. The summed E-state index contributed by atoms with van der Waals surface area (Å²) >= 11 is 0. The number of carbonyl (C=O) groups excluding carboxylic acids is 3. The van der Waals surface area contributed by atoms with Crippen molar-refractivity contribution in [2.75, 3.05) is 26.7 Å². The fourth-order valence-electron chi connectivity index (χ4n) is 4.56. The van der Waals surface area contributed by atoms with E-state index in [9.17, 15) is 14.4 Å². The summed E-state index contributed by atoms with van der Waals surface area (Å²) in [5, 5.41) is 2.95. The minimum atomic E-state index is -0.375. The molecule has 1 saturated heterocycles. The molecule has 0 bridgehead atoms. The van der Waals surface area contributed by atoms with Crippen LogP contribution < -0.4 is 10.1 Å². The van der Waals surface area contributed by atoms with Gasteiger partial charge in [-0.05, 0) is 68.6 Å². The Kier molecular flexibility index (Phi) is 7.08. The minimum absolute atomic E-state index is 0.173. The highest BCUT2D eigenvalue weighted by Gasteiger charge is 2.36. The summed E-state index contributed by atoms with van der Waals surface area (Å²) in [6, 6.07) is 12.6. The van der Waals surface area contributed by atoms with Crippen LogP contribution in [0.1, 0.15) is 69.2 Å². The van der Waals surface area contributed by atoms with E-state index in [0.717, 1.165) is 25.1 Å². The quantitative estimate of drug-likeness (QED) is 0.493. The van der Waals surface area contributed by atoms with Crippen LogP contribution in [0.15, 0.2) is 42.5 Å². The predicted octanol–water partition coefficient (Wildman–Crippen LogP) is 3.49. The first kappa shape index (κ1) is 23.0. The lowest BCUT2D eigenvalue weighted by Gasteiger charge is -2.33. The van der Waals surface area contributed by atoms with Crippen LogP contribution in [0.25, 0.3) is 0 Å². The summed E-state index contributed by atoms with van der Waals surface area (Å²) in [7, 11) is 1.59. The lowest BCUT2D eigenvalue weighted by molar-refractivity contribution is 0.0642. The number of carbonyl (C=O) groups is 3. The van der Waals surface area contributed by atoms with Gasteiger partial charge in [-0.25, -0.2) is 0 Å². The number of methoxy groups -OCH3 is 1. The zero-order valence-electron chi connectivity index (χ0n) is 19.3. The van der Waals surface area contributed by atoms with Crippen LogP contribution in [-0.4, -0.2) is 60.3 Å². The predicted molar refractivity (Wildman–Crippen MR) is 125 cm³/mol. The monoisotopic (exact) mass is 449 g/mol. The van der Waals surface area contributed by atoms with Gasteiger partial charge in [0.1, 0.15) is 5.75 Å². The zero-order valence-corrected chi connectivity index (χ0v) is 19.3. The molecule has 0 spiro atoms. The molecule has 3 amide bonds. The molecule has 0 radical (unpaired) electrons. The molecule has 2 heterocycles. The number of hydrogen-bond acceptors (Lipinski definition) is 5. The third kappa shape index (κ3) is 5.09. The number of hydrogen-bond donors (Lipinski definition) is 1. The lowest BCUT2D eigenvalue weighted by Crippen LogP contribution is -2.39. The van der Waals surface area contributed by atoms with Crippen molar-refractivity contribution in [1.82, 2.24) is 15.1 Å². The Hall–Kier alpha value is -3.19. The van der Waals surface area contributed by atoms with E-state index in [-0.39, 0.29) is 29.8 Å². The zero-order chi connectivity index (χ0) is 23.4. The number of nitrogens with zero attached hydrogens (tertiary/aromatic N) is 2. The normalized spacial score (nSPS) is 18.4. The third-order valence-electron chi connectivity index (χ3n) is 6.58. The van der Waals surface area contributed by atoms with Gasteiger partial charge < -0.3 is 15.0 Å². The van der Waals surface area contributed by atoms with Crippen molar-refractivity contribution >= 4 is 17.7 Å². The number of nitrogens with one attached hydrogen (secondary N) is 1. The maximum absolute atomic E-state index is 12.9. The van der Waals surface area contributed by atoms with E-state index < -0.39 is 0 Å². The largest absolute Gasteiger partial charge is 0.497 e. The molecular formula is C26H31N3O4. The van der Waals surface area contributed by atoms with E-state index in [0.29, 0.717) is 29.5 Å². The van der Waals surface area contributed by atoms with Crippen molar-refractivity contribution in [3.05, 3.63) is 64.7 Å². The topological polar surface area (TPSA) is 79.0 Å². The smallest absolute Gasteiger partial charge is 0.261 e. The van der Waals surface area contributed by atoms with Crippen LogP contribution in [0.5, 0.6) is 5.75 Å².